The van der Waals surface area contributed by atoms with Crippen molar-refractivity contribution in [3.63, 3.8) is 0 Å². The summed E-state index contributed by atoms with van der Waals surface area (Å²) in [7, 11) is -3.50. The number of carbonyl (C=O) groups is 1. The van der Waals surface area contributed by atoms with Crippen molar-refractivity contribution in [3.05, 3.63) is 60.0 Å². The van der Waals surface area contributed by atoms with E-state index in [1.807, 2.05) is 19.1 Å². The first-order valence-electron chi connectivity index (χ1n) is 7.58. The van der Waals surface area contributed by atoms with E-state index in [-0.39, 0.29) is 10.7 Å². The van der Waals surface area contributed by atoms with Gasteiger partial charge in [0.15, 0.2) is 0 Å². The van der Waals surface area contributed by atoms with E-state index < -0.39 is 15.8 Å². The second-order valence-electron chi connectivity index (χ2n) is 5.85. The van der Waals surface area contributed by atoms with E-state index in [1.54, 1.807) is 12.3 Å². The predicted octanol–water partition coefficient (Wildman–Crippen LogP) is 2.62. The van der Waals surface area contributed by atoms with Crippen LogP contribution in [0, 0.1) is 6.92 Å². The summed E-state index contributed by atoms with van der Waals surface area (Å²) in [5, 5.41) is 9.11. The van der Waals surface area contributed by atoms with Crippen LogP contribution in [0.4, 0.5) is 0 Å². The number of hydrogen-bond acceptors (Lipinski definition) is 6. The van der Waals surface area contributed by atoms with Gasteiger partial charge in [0.05, 0.1) is 11.3 Å². The zero-order chi connectivity index (χ0) is 18.9. The van der Waals surface area contributed by atoms with E-state index in [0.717, 1.165) is 11.8 Å². The number of aromatic carboxylic acids is 1. The second-order valence-corrected chi connectivity index (χ2v) is 7.76. The fourth-order valence-electron chi connectivity index (χ4n) is 2.36. The average Bonchev–Trinajstić information content (AvgIpc) is 2.61. The molecule has 7 nitrogen and oxygen atoms in total. The molecule has 3 rings (SSSR count). The largest absolute Gasteiger partial charge is 0.478 e. The van der Waals surface area contributed by atoms with Crippen LogP contribution in [0.2, 0.25) is 0 Å². The standard InChI is InChI=1S/C18H15N3O4S/c1-11-3-4-16(19-8-11)13-5-12(6-14(7-13)17(22)23)15-9-20-18(21-10-15)26(2,24)25/h3-10H,1-2H3,(H,22,23). The van der Waals surface area contributed by atoms with Crippen molar-refractivity contribution in [1.29, 1.82) is 0 Å². The zero-order valence-electron chi connectivity index (χ0n) is 14.0. The van der Waals surface area contributed by atoms with Crippen LogP contribution < -0.4 is 0 Å². The minimum Gasteiger partial charge on any atom is -0.478 e. The minimum absolute atomic E-state index is 0.0899. The maximum absolute atomic E-state index is 11.5. The van der Waals surface area contributed by atoms with Crippen LogP contribution in [0.5, 0.6) is 0 Å². The highest BCUT2D eigenvalue weighted by molar-refractivity contribution is 7.90. The molecule has 2 aromatic heterocycles. The predicted molar refractivity (Wildman–Crippen MR) is 95.5 cm³/mol. The van der Waals surface area contributed by atoms with Gasteiger partial charge in [0.2, 0.25) is 15.0 Å². The molecule has 8 heteroatoms. The lowest BCUT2D eigenvalue weighted by atomic mass is 9.99. The van der Waals surface area contributed by atoms with E-state index in [4.69, 9.17) is 0 Å². The molecule has 1 N–H and O–H groups in total. The number of nitrogens with zero attached hydrogens (tertiary/aromatic N) is 3. The van der Waals surface area contributed by atoms with E-state index in [9.17, 15) is 18.3 Å². The van der Waals surface area contributed by atoms with Crippen molar-refractivity contribution in [1.82, 2.24) is 15.0 Å². The van der Waals surface area contributed by atoms with Gasteiger partial charge in [-0.05, 0) is 42.3 Å². The van der Waals surface area contributed by atoms with Crippen molar-refractivity contribution < 1.29 is 18.3 Å². The lowest BCUT2D eigenvalue weighted by molar-refractivity contribution is 0.0697. The summed E-state index contributed by atoms with van der Waals surface area (Å²) >= 11 is 0. The molecule has 2 heterocycles. The summed E-state index contributed by atoms with van der Waals surface area (Å²) < 4.78 is 23.0. The fourth-order valence-corrected chi connectivity index (χ4v) is 2.85. The smallest absolute Gasteiger partial charge is 0.335 e. The molecule has 0 atom stereocenters. The summed E-state index contributed by atoms with van der Waals surface area (Å²) in [4.78, 5) is 23.5. The number of aromatic nitrogens is 3. The monoisotopic (exact) mass is 369 g/mol. The van der Waals surface area contributed by atoms with Crippen LogP contribution in [0.3, 0.4) is 0 Å². The molecule has 0 amide bonds. The molecule has 0 fully saturated rings. The molecule has 0 aliphatic rings. The maximum atomic E-state index is 11.5. The highest BCUT2D eigenvalue weighted by atomic mass is 32.2. The zero-order valence-corrected chi connectivity index (χ0v) is 14.9. The third kappa shape index (κ3) is 3.75. The Morgan fingerprint density at radius 1 is 0.923 bits per heavy atom. The molecule has 1 aromatic carbocycles. The third-order valence-corrected chi connectivity index (χ3v) is 4.55. The van der Waals surface area contributed by atoms with Crippen LogP contribution in [0.1, 0.15) is 15.9 Å². The Balaban J connectivity index is 2.12. The van der Waals surface area contributed by atoms with Gasteiger partial charge in [0.1, 0.15) is 0 Å². The average molecular weight is 369 g/mol. The van der Waals surface area contributed by atoms with Gasteiger partial charge in [-0.1, -0.05) is 6.07 Å². The topological polar surface area (TPSA) is 110 Å². The fraction of sp³-hybridized carbons (Fsp3) is 0.111. The Morgan fingerprint density at radius 2 is 1.58 bits per heavy atom. The number of benzene rings is 1. The molecule has 3 aromatic rings. The molecule has 0 aliphatic carbocycles. The molecule has 0 radical (unpaired) electrons. The van der Waals surface area contributed by atoms with E-state index in [2.05, 4.69) is 15.0 Å². The van der Waals surface area contributed by atoms with Gasteiger partial charge >= 0.3 is 5.97 Å². The highest BCUT2D eigenvalue weighted by Gasteiger charge is 2.13. The van der Waals surface area contributed by atoms with Gasteiger partial charge in [0, 0.05) is 36.0 Å². The molecule has 0 saturated heterocycles. The van der Waals surface area contributed by atoms with Crippen molar-refractivity contribution >= 4 is 15.8 Å². The summed E-state index contributed by atoms with van der Waals surface area (Å²) in [6.07, 6.45) is 5.44. The summed E-state index contributed by atoms with van der Waals surface area (Å²) in [5.74, 6) is -1.08. The van der Waals surface area contributed by atoms with Crippen LogP contribution in [-0.4, -0.2) is 40.7 Å². The van der Waals surface area contributed by atoms with Gasteiger partial charge in [-0.2, -0.15) is 0 Å². The molecule has 0 unspecified atom stereocenters. The van der Waals surface area contributed by atoms with Gasteiger partial charge in [-0.15, -0.1) is 0 Å². The SMILES string of the molecule is Cc1ccc(-c2cc(C(=O)O)cc(-c3cnc(S(C)(=O)=O)nc3)c2)nc1. The molecule has 132 valence electrons. The molecule has 0 aliphatic heterocycles. The van der Waals surface area contributed by atoms with Gasteiger partial charge in [-0.25, -0.2) is 23.2 Å². The van der Waals surface area contributed by atoms with E-state index in [0.29, 0.717) is 22.4 Å². The molecule has 0 saturated carbocycles. The number of hydrogen-bond donors (Lipinski definition) is 1. The van der Waals surface area contributed by atoms with Gasteiger partial charge in [0.25, 0.3) is 0 Å². The number of pyridine rings is 1. The second kappa shape index (κ2) is 6.64. The van der Waals surface area contributed by atoms with Crippen molar-refractivity contribution in [2.45, 2.75) is 12.1 Å². The number of aryl methyl sites for hydroxylation is 1. The maximum Gasteiger partial charge on any atom is 0.335 e. The lowest BCUT2D eigenvalue weighted by Crippen LogP contribution is -2.03. The molecule has 0 spiro atoms. The van der Waals surface area contributed by atoms with Crippen LogP contribution in [-0.2, 0) is 9.84 Å². The first kappa shape index (κ1) is 17.7. The van der Waals surface area contributed by atoms with Crippen LogP contribution >= 0.6 is 0 Å². The Morgan fingerprint density at radius 3 is 2.12 bits per heavy atom. The molecule has 26 heavy (non-hydrogen) atoms. The number of sulfone groups is 1. The van der Waals surface area contributed by atoms with Gasteiger partial charge in [-0.3, -0.25) is 4.98 Å². The quantitative estimate of drug-likeness (QED) is 0.704. The van der Waals surface area contributed by atoms with Crippen molar-refractivity contribution in [3.8, 4) is 22.4 Å². The minimum atomic E-state index is -3.50. The first-order valence-corrected chi connectivity index (χ1v) is 9.47. The van der Waals surface area contributed by atoms with Gasteiger partial charge < -0.3 is 5.11 Å². The van der Waals surface area contributed by atoms with E-state index >= 15 is 0 Å². The number of carboxylic acids is 1. The highest BCUT2D eigenvalue weighted by Crippen LogP contribution is 2.27. The first-order chi connectivity index (χ1) is 12.2. The molecular formula is C18H15N3O4S. The number of carboxylic acid groups (broad SMARTS) is 1. The third-order valence-electron chi connectivity index (χ3n) is 3.68. The lowest BCUT2D eigenvalue weighted by Gasteiger charge is -2.08. The van der Waals surface area contributed by atoms with Crippen molar-refractivity contribution in [2.24, 2.45) is 0 Å². The van der Waals surface area contributed by atoms with Crippen LogP contribution in [0.25, 0.3) is 22.4 Å². The van der Waals surface area contributed by atoms with Crippen molar-refractivity contribution in [2.75, 3.05) is 6.26 Å². The summed E-state index contributed by atoms with van der Waals surface area (Å²) in [6.45, 7) is 1.91. The van der Waals surface area contributed by atoms with E-state index in [1.165, 1.54) is 24.5 Å². The molecular weight excluding hydrogens is 354 g/mol. The van der Waals surface area contributed by atoms with Crippen LogP contribution in [0.15, 0.2) is 54.1 Å². The Kier molecular flexibility index (Phi) is 4.52. The molecule has 0 bridgehead atoms. The Bertz CT molecular complexity index is 1080. The Labute approximate surface area is 150 Å². The normalized spacial score (nSPS) is 11.3. The Hall–Kier alpha value is -3.13. The summed E-state index contributed by atoms with van der Waals surface area (Å²) in [5.41, 5.74) is 3.41. The number of rotatable bonds is 4. The summed E-state index contributed by atoms with van der Waals surface area (Å²) in [6, 6.07) is 8.49.